The second kappa shape index (κ2) is 6.47. The molecule has 4 aliphatic rings. The smallest absolute Gasteiger partial charge is 0.226 e. The fourth-order valence-electron chi connectivity index (χ4n) is 6.14. The van der Waals surface area contributed by atoms with Gasteiger partial charge in [0.2, 0.25) is 5.91 Å². The molecule has 4 nitrogen and oxygen atoms in total. The van der Waals surface area contributed by atoms with Gasteiger partial charge in [-0.25, -0.2) is 4.68 Å². The number of rotatable bonds is 5. The summed E-state index contributed by atoms with van der Waals surface area (Å²) in [6.07, 6.45) is 11.8. The molecule has 0 radical (unpaired) electrons. The van der Waals surface area contributed by atoms with E-state index >= 15 is 0 Å². The first kappa shape index (κ1) is 17.5. The molecule has 142 valence electrons. The van der Waals surface area contributed by atoms with Gasteiger partial charge in [-0.2, -0.15) is 5.10 Å². The largest absolute Gasteiger partial charge is 0.355 e. The topological polar surface area (TPSA) is 46.9 Å². The number of carbonyl (C=O) groups is 1. The van der Waals surface area contributed by atoms with Crippen LogP contribution < -0.4 is 5.32 Å². The second-order valence-corrected chi connectivity index (χ2v) is 10.7. The Kier molecular flexibility index (Phi) is 4.19. The van der Waals surface area contributed by atoms with Crippen molar-refractivity contribution in [2.75, 3.05) is 6.54 Å². The minimum atomic E-state index is -0.123. The van der Waals surface area contributed by atoms with Crippen LogP contribution in [-0.2, 0) is 11.2 Å². The highest BCUT2D eigenvalue weighted by Gasteiger charge is 2.59. The number of para-hydroxylation sites is 1. The summed E-state index contributed by atoms with van der Waals surface area (Å²) in [6.45, 7) is 0.686. The quantitative estimate of drug-likeness (QED) is 0.724. The number of nitrogens with zero attached hydrogens (tertiary/aromatic N) is 2. The third kappa shape index (κ3) is 3.24. The SMILES string of the molecule is O=C(NCCc1cnn(-c2ccccc2)c1)C12CC3CC(CC(Br)(C3)C1)C2. The summed E-state index contributed by atoms with van der Waals surface area (Å²) < 4.78 is 2.12. The summed E-state index contributed by atoms with van der Waals surface area (Å²) in [5.74, 6) is 1.76. The Hall–Kier alpha value is -1.62. The average Bonchev–Trinajstić information content (AvgIpc) is 3.09. The number of aromatic nitrogens is 2. The van der Waals surface area contributed by atoms with Crippen molar-refractivity contribution < 1.29 is 4.79 Å². The Morgan fingerprint density at radius 1 is 1.19 bits per heavy atom. The van der Waals surface area contributed by atoms with Gasteiger partial charge in [-0.3, -0.25) is 4.79 Å². The van der Waals surface area contributed by atoms with Crippen LogP contribution in [-0.4, -0.2) is 26.6 Å². The molecule has 2 aromatic rings. The first-order valence-corrected chi connectivity index (χ1v) is 10.9. The lowest BCUT2D eigenvalue weighted by Crippen LogP contribution is -2.58. The zero-order chi connectivity index (χ0) is 18.5. The van der Waals surface area contributed by atoms with Gasteiger partial charge in [-0.15, -0.1) is 0 Å². The zero-order valence-electron chi connectivity index (χ0n) is 15.5. The van der Waals surface area contributed by atoms with Crippen LogP contribution >= 0.6 is 15.9 Å². The van der Waals surface area contributed by atoms with Crippen LogP contribution in [0.5, 0.6) is 0 Å². The van der Waals surface area contributed by atoms with E-state index in [0.29, 0.717) is 6.54 Å². The van der Waals surface area contributed by atoms with Crippen LogP contribution in [0, 0.1) is 17.3 Å². The van der Waals surface area contributed by atoms with Crippen LogP contribution in [0.1, 0.15) is 44.1 Å². The number of hydrogen-bond donors (Lipinski definition) is 1. The van der Waals surface area contributed by atoms with Crippen LogP contribution in [0.25, 0.3) is 5.69 Å². The highest BCUT2D eigenvalue weighted by molar-refractivity contribution is 9.10. The van der Waals surface area contributed by atoms with Crippen LogP contribution in [0.4, 0.5) is 0 Å². The minimum Gasteiger partial charge on any atom is -0.355 e. The lowest BCUT2D eigenvalue weighted by molar-refractivity contribution is -0.143. The lowest BCUT2D eigenvalue weighted by Gasteiger charge is -2.59. The third-order valence-corrected chi connectivity index (χ3v) is 7.76. The van der Waals surface area contributed by atoms with Gasteiger partial charge >= 0.3 is 0 Å². The van der Waals surface area contributed by atoms with Gasteiger partial charge < -0.3 is 5.32 Å². The van der Waals surface area contributed by atoms with Crippen molar-refractivity contribution >= 4 is 21.8 Å². The minimum absolute atomic E-state index is 0.123. The van der Waals surface area contributed by atoms with E-state index in [2.05, 4.69) is 32.5 Å². The van der Waals surface area contributed by atoms with Crippen molar-refractivity contribution in [2.45, 2.75) is 49.3 Å². The molecule has 0 saturated heterocycles. The van der Waals surface area contributed by atoms with Gasteiger partial charge in [0, 0.05) is 17.1 Å². The molecule has 1 heterocycles. The summed E-state index contributed by atoms with van der Waals surface area (Å²) in [4.78, 5) is 13.1. The first-order chi connectivity index (χ1) is 13.0. The van der Waals surface area contributed by atoms with Gasteiger partial charge in [0.1, 0.15) is 0 Å². The van der Waals surface area contributed by atoms with Crippen molar-refractivity contribution in [1.29, 1.82) is 0 Å². The predicted octanol–water partition coefficient (Wildman–Crippen LogP) is 4.26. The van der Waals surface area contributed by atoms with Crippen molar-refractivity contribution in [3.8, 4) is 5.69 Å². The average molecular weight is 428 g/mol. The summed E-state index contributed by atoms with van der Waals surface area (Å²) in [7, 11) is 0. The maximum absolute atomic E-state index is 13.1. The fraction of sp³-hybridized carbons (Fsp3) is 0.545. The van der Waals surface area contributed by atoms with Crippen LogP contribution in [0.2, 0.25) is 0 Å². The molecule has 4 saturated carbocycles. The molecule has 1 aromatic heterocycles. The summed E-state index contributed by atoms with van der Waals surface area (Å²) in [5.41, 5.74) is 2.09. The van der Waals surface area contributed by atoms with E-state index in [0.717, 1.165) is 48.8 Å². The Balaban J connectivity index is 1.20. The molecule has 1 N–H and O–H groups in total. The van der Waals surface area contributed by atoms with E-state index in [-0.39, 0.29) is 15.6 Å². The second-order valence-electron chi connectivity index (χ2n) is 9.03. The van der Waals surface area contributed by atoms with Crippen molar-refractivity contribution in [2.24, 2.45) is 17.3 Å². The van der Waals surface area contributed by atoms with Crippen LogP contribution in [0.15, 0.2) is 42.7 Å². The zero-order valence-corrected chi connectivity index (χ0v) is 17.1. The number of amides is 1. The maximum Gasteiger partial charge on any atom is 0.226 e. The molecule has 27 heavy (non-hydrogen) atoms. The van der Waals surface area contributed by atoms with Crippen molar-refractivity contribution in [3.63, 3.8) is 0 Å². The van der Waals surface area contributed by atoms with E-state index < -0.39 is 0 Å². The predicted molar refractivity (Wildman–Crippen MR) is 109 cm³/mol. The number of benzene rings is 1. The molecule has 1 aromatic carbocycles. The molecule has 5 heteroatoms. The molecule has 6 rings (SSSR count). The molecular weight excluding hydrogens is 402 g/mol. The summed E-state index contributed by atoms with van der Waals surface area (Å²) in [5, 5.41) is 7.70. The molecule has 4 fully saturated rings. The molecule has 0 aliphatic heterocycles. The van der Waals surface area contributed by atoms with E-state index in [9.17, 15) is 4.79 Å². The van der Waals surface area contributed by atoms with Crippen molar-refractivity contribution in [3.05, 3.63) is 48.3 Å². The molecule has 2 unspecified atom stereocenters. The molecule has 1 amide bonds. The number of halogens is 1. The van der Waals surface area contributed by atoms with E-state index in [4.69, 9.17) is 0 Å². The molecule has 2 atom stereocenters. The molecule has 0 spiro atoms. The third-order valence-electron chi connectivity index (χ3n) is 6.83. The Labute approximate surface area is 168 Å². The fourth-order valence-corrected chi connectivity index (χ4v) is 7.59. The standard InChI is InChI=1S/C22H26BrN3O/c23-22-11-17-8-18(12-22)10-21(9-17,15-22)20(27)24-7-6-16-13-25-26(14-16)19-4-2-1-3-5-19/h1-5,13-14,17-18H,6-12,15H2,(H,24,27). The van der Waals surface area contributed by atoms with Crippen LogP contribution in [0.3, 0.4) is 0 Å². The lowest BCUT2D eigenvalue weighted by atomic mass is 9.49. The van der Waals surface area contributed by atoms with E-state index in [1.807, 2.05) is 41.2 Å². The summed E-state index contributed by atoms with van der Waals surface area (Å²) in [6, 6.07) is 10.1. The number of alkyl halides is 1. The van der Waals surface area contributed by atoms with Gasteiger partial charge in [0.05, 0.1) is 17.3 Å². The Morgan fingerprint density at radius 3 is 2.63 bits per heavy atom. The van der Waals surface area contributed by atoms with E-state index in [1.165, 1.54) is 19.3 Å². The molecular formula is C22H26BrN3O. The van der Waals surface area contributed by atoms with E-state index in [1.54, 1.807) is 0 Å². The van der Waals surface area contributed by atoms with Gasteiger partial charge in [0.25, 0.3) is 0 Å². The monoisotopic (exact) mass is 427 g/mol. The highest BCUT2D eigenvalue weighted by Crippen LogP contribution is 2.64. The molecule has 4 aliphatic carbocycles. The Morgan fingerprint density at radius 2 is 1.93 bits per heavy atom. The number of hydrogen-bond acceptors (Lipinski definition) is 2. The number of carbonyl (C=O) groups excluding carboxylic acids is 1. The maximum atomic E-state index is 13.1. The number of nitrogens with one attached hydrogen (secondary N) is 1. The molecule has 4 bridgehead atoms. The first-order valence-electron chi connectivity index (χ1n) is 10.1. The van der Waals surface area contributed by atoms with Gasteiger partial charge in [0.15, 0.2) is 0 Å². The van der Waals surface area contributed by atoms with Gasteiger partial charge in [-0.1, -0.05) is 34.1 Å². The normalized spacial score (nSPS) is 34.0. The summed E-state index contributed by atoms with van der Waals surface area (Å²) >= 11 is 4.00. The van der Waals surface area contributed by atoms with Gasteiger partial charge in [-0.05, 0) is 74.5 Å². The highest BCUT2D eigenvalue weighted by atomic mass is 79.9. The van der Waals surface area contributed by atoms with Crippen molar-refractivity contribution in [1.82, 2.24) is 15.1 Å². The Bertz CT molecular complexity index is 832.